The molecule has 0 fully saturated rings. The van der Waals surface area contributed by atoms with Gasteiger partial charge < -0.3 is 20.1 Å². The minimum atomic E-state index is -0.857. The molecule has 2 atom stereocenters. The average Bonchev–Trinajstić information content (AvgIpc) is 2.91. The molecule has 0 saturated heterocycles. The zero-order chi connectivity index (χ0) is 25.8. The van der Waals surface area contributed by atoms with Gasteiger partial charge in [0.05, 0.1) is 13.2 Å². The molecule has 0 saturated carbocycles. The van der Waals surface area contributed by atoms with Crippen LogP contribution in [-0.2, 0) is 32.1 Å². The van der Waals surface area contributed by atoms with Gasteiger partial charge in [-0.15, -0.1) is 0 Å². The number of carbonyl (C=O) groups excluding carboxylic acids is 3. The van der Waals surface area contributed by atoms with Crippen molar-refractivity contribution in [3.63, 3.8) is 0 Å². The Hall–Kier alpha value is -4.13. The lowest BCUT2D eigenvalue weighted by molar-refractivity contribution is -0.145. The summed E-state index contributed by atoms with van der Waals surface area (Å²) in [6, 6.07) is 25.8. The molecule has 0 unspecified atom stereocenters. The molecule has 7 nitrogen and oxygen atoms in total. The fourth-order valence-corrected chi connectivity index (χ4v) is 3.67. The molecule has 3 rings (SSSR count). The number of amides is 2. The second kappa shape index (κ2) is 13.7. The van der Waals surface area contributed by atoms with Crippen LogP contribution in [0, 0.1) is 0 Å². The third kappa shape index (κ3) is 8.58. The lowest BCUT2D eigenvalue weighted by atomic mass is 10.1. The van der Waals surface area contributed by atoms with E-state index in [0.717, 1.165) is 16.7 Å². The smallest absolute Gasteiger partial charge is 0.328 e. The van der Waals surface area contributed by atoms with E-state index in [2.05, 4.69) is 10.6 Å². The zero-order valence-electron chi connectivity index (χ0n) is 20.6. The van der Waals surface area contributed by atoms with Crippen LogP contribution in [0.4, 0.5) is 0 Å². The number of benzene rings is 3. The summed E-state index contributed by atoms with van der Waals surface area (Å²) in [6.45, 7) is 2.34. The van der Waals surface area contributed by atoms with E-state index in [-0.39, 0.29) is 31.2 Å². The lowest BCUT2D eigenvalue weighted by Crippen LogP contribution is -2.43. The molecule has 188 valence electrons. The molecule has 0 aliphatic rings. The Morgan fingerprint density at radius 3 is 1.94 bits per heavy atom. The van der Waals surface area contributed by atoms with E-state index in [1.54, 1.807) is 0 Å². The van der Waals surface area contributed by atoms with Crippen molar-refractivity contribution in [2.24, 2.45) is 0 Å². The highest BCUT2D eigenvalue weighted by atomic mass is 16.5. The van der Waals surface area contributed by atoms with Gasteiger partial charge in [-0.1, -0.05) is 72.8 Å². The van der Waals surface area contributed by atoms with Gasteiger partial charge in [0.2, 0.25) is 11.8 Å². The van der Waals surface area contributed by atoms with Crippen LogP contribution in [-0.4, -0.2) is 30.9 Å². The summed E-state index contributed by atoms with van der Waals surface area (Å²) in [5, 5.41) is 5.58. The summed E-state index contributed by atoms with van der Waals surface area (Å²) in [5.74, 6) is -0.468. The molecule has 2 amide bonds. The first-order valence-corrected chi connectivity index (χ1v) is 11.9. The Morgan fingerprint density at radius 2 is 1.33 bits per heavy atom. The van der Waals surface area contributed by atoms with Crippen molar-refractivity contribution in [3.05, 3.63) is 102 Å². The van der Waals surface area contributed by atoms with Crippen LogP contribution < -0.4 is 15.4 Å². The highest BCUT2D eigenvalue weighted by molar-refractivity contribution is 5.87. The predicted octanol–water partition coefficient (Wildman–Crippen LogP) is 4.12. The van der Waals surface area contributed by atoms with Crippen LogP contribution in [0.1, 0.15) is 42.5 Å². The molecule has 3 aromatic rings. The number of carbonyl (C=O) groups is 3. The number of hydrogen-bond acceptors (Lipinski definition) is 5. The third-order valence-corrected chi connectivity index (χ3v) is 5.69. The molecule has 0 bridgehead atoms. The molecule has 0 radical (unpaired) electrons. The average molecular weight is 489 g/mol. The van der Waals surface area contributed by atoms with Crippen LogP contribution >= 0.6 is 0 Å². The van der Waals surface area contributed by atoms with Crippen LogP contribution in [0.25, 0.3) is 0 Å². The van der Waals surface area contributed by atoms with Crippen molar-refractivity contribution in [1.29, 1.82) is 0 Å². The lowest BCUT2D eigenvalue weighted by Gasteiger charge is -2.17. The number of nitrogens with one attached hydrogen (secondary N) is 2. The maximum absolute atomic E-state index is 12.5. The second-order valence-corrected chi connectivity index (χ2v) is 8.47. The van der Waals surface area contributed by atoms with E-state index in [9.17, 15) is 14.4 Å². The predicted molar refractivity (Wildman–Crippen MR) is 137 cm³/mol. The number of methoxy groups -OCH3 is 1. The maximum atomic E-state index is 12.5. The minimum absolute atomic E-state index is 0.0182. The summed E-state index contributed by atoms with van der Waals surface area (Å²) in [7, 11) is 1.28. The van der Waals surface area contributed by atoms with Gasteiger partial charge in [-0.25, -0.2) is 4.79 Å². The highest BCUT2D eigenvalue weighted by Crippen LogP contribution is 2.16. The zero-order valence-corrected chi connectivity index (χ0v) is 20.6. The Balaban J connectivity index is 1.48. The number of hydrogen-bond donors (Lipinski definition) is 2. The SMILES string of the molecule is COC(=O)[C@H](Cc1ccc(OCc2ccccc2)cc1)NC(=O)CCC(=O)N[C@H](C)c1ccccc1. The first-order chi connectivity index (χ1) is 17.4. The number of rotatable bonds is 12. The molecule has 0 spiro atoms. The van der Waals surface area contributed by atoms with Crippen LogP contribution in [0.15, 0.2) is 84.9 Å². The van der Waals surface area contributed by atoms with Crippen molar-refractivity contribution in [1.82, 2.24) is 10.6 Å². The quantitative estimate of drug-likeness (QED) is 0.374. The Bertz CT molecular complexity index is 1120. The first kappa shape index (κ1) is 26.5. The molecule has 36 heavy (non-hydrogen) atoms. The summed E-state index contributed by atoms with van der Waals surface area (Å²) in [6.07, 6.45) is 0.242. The molecule has 0 heterocycles. The Kier molecular flexibility index (Phi) is 10.1. The van der Waals surface area contributed by atoms with Crippen molar-refractivity contribution >= 4 is 17.8 Å². The highest BCUT2D eigenvalue weighted by Gasteiger charge is 2.22. The third-order valence-electron chi connectivity index (χ3n) is 5.69. The van der Waals surface area contributed by atoms with Crippen LogP contribution in [0.3, 0.4) is 0 Å². The van der Waals surface area contributed by atoms with E-state index in [1.165, 1.54) is 7.11 Å². The fourth-order valence-electron chi connectivity index (χ4n) is 3.67. The van der Waals surface area contributed by atoms with Gasteiger partial charge in [0.25, 0.3) is 0 Å². The van der Waals surface area contributed by atoms with Gasteiger partial charge in [-0.2, -0.15) is 0 Å². The van der Waals surface area contributed by atoms with Gasteiger partial charge >= 0.3 is 5.97 Å². The molecule has 0 aliphatic heterocycles. The maximum Gasteiger partial charge on any atom is 0.328 e. The van der Waals surface area contributed by atoms with E-state index in [1.807, 2.05) is 91.9 Å². The first-order valence-electron chi connectivity index (χ1n) is 11.9. The second-order valence-electron chi connectivity index (χ2n) is 8.47. The Morgan fingerprint density at radius 1 is 0.750 bits per heavy atom. The van der Waals surface area contributed by atoms with E-state index >= 15 is 0 Å². The summed E-state index contributed by atoms with van der Waals surface area (Å²) in [5.41, 5.74) is 2.89. The largest absolute Gasteiger partial charge is 0.489 e. The van der Waals surface area contributed by atoms with Crippen molar-refractivity contribution in [2.75, 3.05) is 7.11 Å². The molecule has 2 N–H and O–H groups in total. The van der Waals surface area contributed by atoms with Crippen molar-refractivity contribution in [2.45, 2.75) is 44.9 Å². The van der Waals surface area contributed by atoms with Gasteiger partial charge in [0, 0.05) is 19.3 Å². The van der Waals surface area contributed by atoms with E-state index < -0.39 is 17.9 Å². The molecule has 3 aromatic carbocycles. The monoisotopic (exact) mass is 488 g/mol. The number of esters is 1. The summed E-state index contributed by atoms with van der Waals surface area (Å²) in [4.78, 5) is 37.0. The van der Waals surface area contributed by atoms with Crippen molar-refractivity contribution in [3.8, 4) is 5.75 Å². The standard InChI is InChI=1S/C29H32N2O5/c1-21(24-11-7-4-8-12-24)30-27(32)17-18-28(33)31-26(29(34)35-2)19-22-13-15-25(16-14-22)36-20-23-9-5-3-6-10-23/h3-16,21,26H,17-20H2,1-2H3,(H,30,32)(H,31,33)/t21-,26+/m1/s1. The van der Waals surface area contributed by atoms with Crippen molar-refractivity contribution < 1.29 is 23.9 Å². The van der Waals surface area contributed by atoms with E-state index in [4.69, 9.17) is 9.47 Å². The molecule has 0 aromatic heterocycles. The topological polar surface area (TPSA) is 93.7 Å². The summed E-state index contributed by atoms with van der Waals surface area (Å²) >= 11 is 0. The number of ether oxygens (including phenoxy) is 2. The van der Waals surface area contributed by atoms with Gasteiger partial charge in [-0.05, 0) is 35.7 Å². The van der Waals surface area contributed by atoms with Crippen LogP contribution in [0.5, 0.6) is 5.75 Å². The van der Waals surface area contributed by atoms with Crippen LogP contribution in [0.2, 0.25) is 0 Å². The molecular formula is C29H32N2O5. The molecular weight excluding hydrogens is 456 g/mol. The molecule has 7 heteroatoms. The van der Waals surface area contributed by atoms with Gasteiger partial charge in [0.15, 0.2) is 0 Å². The van der Waals surface area contributed by atoms with E-state index in [0.29, 0.717) is 12.4 Å². The summed E-state index contributed by atoms with van der Waals surface area (Å²) < 4.78 is 10.7. The van der Waals surface area contributed by atoms with Gasteiger partial charge in [0.1, 0.15) is 18.4 Å². The van der Waals surface area contributed by atoms with Gasteiger partial charge in [-0.3, -0.25) is 9.59 Å². The normalized spacial score (nSPS) is 12.2. The minimum Gasteiger partial charge on any atom is -0.489 e. The Labute approximate surface area is 211 Å². The fraction of sp³-hybridized carbons (Fsp3) is 0.276. The molecule has 0 aliphatic carbocycles.